The van der Waals surface area contributed by atoms with Crippen molar-refractivity contribution in [1.82, 2.24) is 0 Å². The lowest BCUT2D eigenvalue weighted by atomic mass is 10.1. The molecule has 0 spiro atoms. The van der Waals surface area contributed by atoms with Crippen molar-refractivity contribution in [2.75, 3.05) is 18.6 Å². The van der Waals surface area contributed by atoms with E-state index in [2.05, 4.69) is 4.74 Å². The monoisotopic (exact) mass is 321 g/mol. The average Bonchev–Trinajstić information content (AvgIpc) is 2.78. The second kappa shape index (κ2) is 5.55. The molecule has 21 heavy (non-hydrogen) atoms. The number of esters is 1. The Morgan fingerprint density at radius 1 is 1.43 bits per heavy atom. The van der Waals surface area contributed by atoms with E-state index in [1.807, 2.05) is 0 Å². The Bertz CT molecular complexity index is 589. The van der Waals surface area contributed by atoms with Gasteiger partial charge < -0.3 is 9.64 Å². The molecule has 1 unspecified atom stereocenters. The predicted octanol–water partition coefficient (Wildman–Crippen LogP) is 2.88. The lowest BCUT2D eigenvalue weighted by Crippen LogP contribution is -2.28. The molecule has 0 N–H and O–H groups in total. The number of carbonyl (C=O) groups is 2. The van der Waals surface area contributed by atoms with Crippen LogP contribution in [0.3, 0.4) is 0 Å². The molecule has 2 rings (SSSR count). The number of amides is 1. The van der Waals surface area contributed by atoms with E-state index >= 15 is 0 Å². The molecule has 1 heterocycles. The van der Waals surface area contributed by atoms with Crippen LogP contribution in [0.4, 0.5) is 18.9 Å². The Morgan fingerprint density at radius 2 is 2.10 bits per heavy atom. The van der Waals surface area contributed by atoms with Gasteiger partial charge in [-0.25, -0.2) is 0 Å². The van der Waals surface area contributed by atoms with Crippen LogP contribution >= 0.6 is 11.6 Å². The van der Waals surface area contributed by atoms with Gasteiger partial charge in [-0.1, -0.05) is 17.7 Å². The summed E-state index contributed by atoms with van der Waals surface area (Å²) in [5, 5.41) is -0.491. The fourth-order valence-corrected chi connectivity index (χ4v) is 2.56. The maximum Gasteiger partial charge on any atom is 0.419 e. The largest absolute Gasteiger partial charge is 0.469 e. The lowest BCUT2D eigenvalue weighted by Gasteiger charge is -2.22. The third-order valence-electron chi connectivity index (χ3n) is 3.23. The molecule has 8 heteroatoms. The van der Waals surface area contributed by atoms with E-state index in [0.29, 0.717) is 0 Å². The van der Waals surface area contributed by atoms with E-state index in [9.17, 15) is 22.8 Å². The van der Waals surface area contributed by atoms with E-state index in [4.69, 9.17) is 11.6 Å². The van der Waals surface area contributed by atoms with Crippen molar-refractivity contribution in [3.63, 3.8) is 0 Å². The summed E-state index contributed by atoms with van der Waals surface area (Å²) in [5.74, 6) is -1.97. The zero-order chi connectivity index (χ0) is 15.8. The van der Waals surface area contributed by atoms with Crippen molar-refractivity contribution in [1.29, 1.82) is 0 Å². The topological polar surface area (TPSA) is 46.6 Å². The first-order chi connectivity index (χ1) is 9.75. The number of benzene rings is 1. The Labute approximate surface area is 123 Å². The average molecular weight is 322 g/mol. The Morgan fingerprint density at radius 3 is 2.67 bits per heavy atom. The minimum atomic E-state index is -4.70. The summed E-state index contributed by atoms with van der Waals surface area (Å²) < 4.78 is 43.8. The molecule has 0 aliphatic carbocycles. The molecular formula is C13H11ClF3NO3. The number of hydrogen-bond acceptors (Lipinski definition) is 3. The zero-order valence-electron chi connectivity index (χ0n) is 10.9. The van der Waals surface area contributed by atoms with Gasteiger partial charge in [0.2, 0.25) is 5.91 Å². The van der Waals surface area contributed by atoms with Gasteiger partial charge in [-0.2, -0.15) is 13.2 Å². The maximum absolute atomic E-state index is 13.1. The molecule has 0 bridgehead atoms. The third kappa shape index (κ3) is 2.97. The van der Waals surface area contributed by atoms with Crippen molar-refractivity contribution >= 4 is 29.2 Å². The normalized spacial score (nSPS) is 19.0. The minimum absolute atomic E-state index is 0.158. The fourth-order valence-electron chi connectivity index (χ4n) is 2.28. The molecule has 1 saturated heterocycles. The van der Waals surface area contributed by atoms with Crippen molar-refractivity contribution < 1.29 is 27.5 Å². The highest BCUT2D eigenvalue weighted by Gasteiger charge is 2.42. The quantitative estimate of drug-likeness (QED) is 0.787. The van der Waals surface area contributed by atoms with E-state index in [1.165, 1.54) is 6.07 Å². The molecular weight excluding hydrogens is 311 g/mol. The van der Waals surface area contributed by atoms with E-state index in [1.54, 1.807) is 0 Å². The van der Waals surface area contributed by atoms with Gasteiger partial charge in [-0.05, 0) is 12.1 Å². The number of anilines is 1. The third-order valence-corrected chi connectivity index (χ3v) is 3.54. The molecule has 0 aromatic heterocycles. The van der Waals surface area contributed by atoms with Gasteiger partial charge in [0, 0.05) is 13.0 Å². The van der Waals surface area contributed by atoms with E-state index in [-0.39, 0.29) is 18.7 Å². The van der Waals surface area contributed by atoms with Crippen LogP contribution in [0.5, 0.6) is 0 Å². The minimum Gasteiger partial charge on any atom is -0.469 e. The molecule has 1 aromatic rings. The van der Waals surface area contributed by atoms with Gasteiger partial charge in [-0.3, -0.25) is 9.59 Å². The number of methoxy groups -OCH3 is 1. The molecule has 4 nitrogen and oxygen atoms in total. The standard InChI is InChI=1S/C13H11ClF3NO3/c1-21-12(20)7-5-10(19)18(6-7)9-4-2-3-8(14)11(9)13(15,16)17/h2-4,7H,5-6H2,1H3. The second-order valence-electron chi connectivity index (χ2n) is 4.56. The van der Waals surface area contributed by atoms with Crippen LogP contribution in [0.1, 0.15) is 12.0 Å². The Kier molecular flexibility index (Phi) is 4.13. The number of alkyl halides is 3. The number of ether oxygens (including phenoxy) is 1. The van der Waals surface area contributed by atoms with Gasteiger partial charge >= 0.3 is 12.1 Å². The summed E-state index contributed by atoms with van der Waals surface area (Å²) in [7, 11) is 1.16. The van der Waals surface area contributed by atoms with Gasteiger partial charge in [0.1, 0.15) is 0 Å². The smallest absolute Gasteiger partial charge is 0.419 e. The molecule has 1 aromatic carbocycles. The zero-order valence-corrected chi connectivity index (χ0v) is 11.7. The highest BCUT2D eigenvalue weighted by Crippen LogP contribution is 2.42. The van der Waals surface area contributed by atoms with Crippen LogP contribution in [0.25, 0.3) is 0 Å². The molecule has 0 radical (unpaired) electrons. The van der Waals surface area contributed by atoms with Crippen molar-refractivity contribution in [2.24, 2.45) is 5.92 Å². The van der Waals surface area contributed by atoms with E-state index < -0.39 is 34.6 Å². The Balaban J connectivity index is 2.42. The number of hydrogen-bond donors (Lipinski definition) is 0. The van der Waals surface area contributed by atoms with Gasteiger partial charge in [-0.15, -0.1) is 0 Å². The molecule has 1 aliphatic rings. The first-order valence-electron chi connectivity index (χ1n) is 5.99. The fraction of sp³-hybridized carbons (Fsp3) is 0.385. The highest BCUT2D eigenvalue weighted by molar-refractivity contribution is 6.32. The first kappa shape index (κ1) is 15.6. The molecule has 0 saturated carbocycles. The first-order valence-corrected chi connectivity index (χ1v) is 6.37. The maximum atomic E-state index is 13.1. The predicted molar refractivity (Wildman–Crippen MR) is 68.9 cm³/mol. The van der Waals surface area contributed by atoms with E-state index in [0.717, 1.165) is 24.1 Å². The van der Waals surface area contributed by atoms with Crippen LogP contribution in [-0.2, 0) is 20.5 Å². The van der Waals surface area contributed by atoms with Crippen LogP contribution in [-0.4, -0.2) is 25.5 Å². The van der Waals surface area contributed by atoms with Gasteiger partial charge in [0.15, 0.2) is 0 Å². The summed E-state index contributed by atoms with van der Waals surface area (Å²) in [4.78, 5) is 24.3. The summed E-state index contributed by atoms with van der Waals surface area (Å²) in [6.45, 7) is -0.158. The number of rotatable bonds is 2. The van der Waals surface area contributed by atoms with Crippen LogP contribution in [0.15, 0.2) is 18.2 Å². The Hall–Kier alpha value is -1.76. The van der Waals surface area contributed by atoms with Crippen molar-refractivity contribution in [2.45, 2.75) is 12.6 Å². The summed E-state index contributed by atoms with van der Waals surface area (Å²) in [5.41, 5.74) is -1.42. The van der Waals surface area contributed by atoms with Crippen molar-refractivity contribution in [3.8, 4) is 0 Å². The summed E-state index contributed by atoms with van der Waals surface area (Å²) in [6, 6.07) is 3.59. The van der Waals surface area contributed by atoms with Crippen LogP contribution in [0, 0.1) is 5.92 Å². The van der Waals surface area contributed by atoms with Crippen LogP contribution in [0.2, 0.25) is 5.02 Å². The summed E-state index contributed by atoms with van der Waals surface area (Å²) >= 11 is 5.62. The SMILES string of the molecule is COC(=O)C1CC(=O)N(c2cccc(Cl)c2C(F)(F)F)C1. The van der Waals surface area contributed by atoms with Crippen molar-refractivity contribution in [3.05, 3.63) is 28.8 Å². The second-order valence-corrected chi connectivity index (χ2v) is 4.97. The summed E-state index contributed by atoms with van der Waals surface area (Å²) in [6.07, 6.45) is -4.88. The van der Waals surface area contributed by atoms with Gasteiger partial charge in [0.25, 0.3) is 0 Å². The lowest BCUT2D eigenvalue weighted by molar-refractivity contribution is -0.145. The molecule has 1 atom stereocenters. The van der Waals surface area contributed by atoms with Crippen LogP contribution < -0.4 is 4.90 Å². The number of halogens is 4. The molecule has 1 fully saturated rings. The molecule has 114 valence electrons. The molecule has 1 aliphatic heterocycles. The molecule has 1 amide bonds. The highest BCUT2D eigenvalue weighted by atomic mass is 35.5. The van der Waals surface area contributed by atoms with Gasteiger partial charge in [0.05, 0.1) is 29.3 Å². The number of carbonyl (C=O) groups excluding carboxylic acids is 2. The number of nitrogens with zero attached hydrogens (tertiary/aromatic N) is 1.